The van der Waals surface area contributed by atoms with Crippen LogP contribution in [-0.2, 0) is 26.2 Å². The number of imidazole rings is 1. The molecule has 3 heterocycles. The molecule has 0 aliphatic rings. The first kappa shape index (κ1) is 31.2. The summed E-state index contributed by atoms with van der Waals surface area (Å²) >= 11 is 0. The summed E-state index contributed by atoms with van der Waals surface area (Å²) in [5, 5.41) is 18.0. The van der Waals surface area contributed by atoms with Crippen molar-refractivity contribution in [1.82, 2.24) is 4.57 Å². The highest BCUT2D eigenvalue weighted by Crippen LogP contribution is 2.21. The minimum Gasteiger partial charge on any atom is -0.378 e. The van der Waals surface area contributed by atoms with Gasteiger partial charge in [0.15, 0.2) is 0 Å². The van der Waals surface area contributed by atoms with Crippen LogP contribution in [-0.4, -0.2) is 32.8 Å². The van der Waals surface area contributed by atoms with Crippen LogP contribution in [0.25, 0.3) is 0 Å². The Morgan fingerprint density at radius 1 is 0.556 bits per heavy atom. The minimum atomic E-state index is 0.838. The Morgan fingerprint density at radius 3 is 1.58 bits per heavy atom. The Kier molecular flexibility index (Phi) is 10.7. The summed E-state index contributed by atoms with van der Waals surface area (Å²) in [5.41, 5.74) is 3.95. The van der Waals surface area contributed by atoms with Crippen molar-refractivity contribution < 1.29 is 13.7 Å². The smallest absolute Gasteiger partial charge is 0.350 e. The number of azo groups is 2. The van der Waals surface area contributed by atoms with Crippen molar-refractivity contribution in [3.05, 3.63) is 116 Å². The molecule has 0 atom stereocenters. The maximum atomic E-state index is 4.53. The second kappa shape index (κ2) is 15.5. The quantitative estimate of drug-likeness (QED) is 0.107. The van der Waals surface area contributed by atoms with E-state index in [9.17, 15) is 0 Å². The van der Waals surface area contributed by atoms with Crippen LogP contribution in [0.15, 0.2) is 137 Å². The molecule has 0 fully saturated rings. The van der Waals surface area contributed by atoms with Gasteiger partial charge in [0.2, 0.25) is 6.33 Å². The van der Waals surface area contributed by atoms with E-state index < -0.39 is 0 Å². The predicted octanol–water partition coefficient (Wildman–Crippen LogP) is 6.49. The van der Waals surface area contributed by atoms with Crippen molar-refractivity contribution >= 4 is 34.4 Å². The maximum Gasteiger partial charge on any atom is 0.350 e. The summed E-state index contributed by atoms with van der Waals surface area (Å²) in [7, 11) is 8.11. The van der Waals surface area contributed by atoms with Gasteiger partial charge in [-0.25, -0.2) is 18.3 Å². The Bertz CT molecular complexity index is 1580. The lowest BCUT2D eigenvalue weighted by atomic mass is 10.3. The molecule has 10 heteroatoms. The third-order valence-corrected chi connectivity index (χ3v) is 7.48. The monoisotopic (exact) mass is 603 g/mol. The summed E-state index contributed by atoms with van der Waals surface area (Å²) < 4.78 is 8.79. The first-order valence-electron chi connectivity index (χ1n) is 15.3. The minimum absolute atomic E-state index is 0.838. The third-order valence-electron chi connectivity index (χ3n) is 7.48. The van der Waals surface area contributed by atoms with Gasteiger partial charge in [-0.1, -0.05) is 12.1 Å². The van der Waals surface area contributed by atoms with E-state index in [0.29, 0.717) is 0 Å². The van der Waals surface area contributed by atoms with Crippen LogP contribution in [0.2, 0.25) is 0 Å². The summed E-state index contributed by atoms with van der Waals surface area (Å²) in [6.07, 6.45) is 12.6. The summed E-state index contributed by atoms with van der Waals surface area (Å²) in [6.45, 7) is 3.55. The van der Waals surface area contributed by atoms with Crippen LogP contribution in [0, 0.1) is 0 Å². The molecule has 0 bridgehead atoms. The number of nitrogens with zero attached hydrogens (tertiary/aromatic N) is 10. The Labute approximate surface area is 265 Å². The molecule has 3 aromatic heterocycles. The number of benzene rings is 2. The summed E-state index contributed by atoms with van der Waals surface area (Å²) in [6, 6.07) is 28.2. The Balaban J connectivity index is 1.09. The van der Waals surface area contributed by atoms with Crippen molar-refractivity contribution in [2.75, 3.05) is 38.0 Å². The normalized spacial score (nSPS) is 11.5. The molecule has 0 aliphatic carbocycles. The van der Waals surface area contributed by atoms with E-state index >= 15 is 0 Å². The van der Waals surface area contributed by atoms with Crippen molar-refractivity contribution in [1.29, 1.82) is 0 Å². The molecule has 5 rings (SSSR count). The average molecular weight is 604 g/mol. The van der Waals surface area contributed by atoms with E-state index in [0.717, 1.165) is 73.4 Å². The Morgan fingerprint density at radius 2 is 1.07 bits per heavy atom. The maximum absolute atomic E-state index is 4.53. The molecule has 0 unspecified atom stereocenters. The van der Waals surface area contributed by atoms with E-state index in [4.69, 9.17) is 0 Å². The highest BCUT2D eigenvalue weighted by molar-refractivity contribution is 5.52. The van der Waals surface area contributed by atoms with E-state index in [2.05, 4.69) is 79.6 Å². The SMILES string of the molecule is CN(C)c1ccc(/N=N/c2cccc[n+]2CCCn2cc[n+](CCC[n+]3ccccc3/N=N/c3ccc(N(C)C)cc3)c2)cc1. The summed E-state index contributed by atoms with van der Waals surface area (Å²) in [4.78, 5) is 4.14. The number of pyridine rings is 2. The van der Waals surface area contributed by atoms with Gasteiger partial charge in [-0.2, -0.15) is 0 Å². The number of hydrogen-bond donors (Lipinski definition) is 0. The first-order valence-corrected chi connectivity index (χ1v) is 15.3. The molecule has 230 valence electrons. The zero-order chi connectivity index (χ0) is 31.4. The largest absolute Gasteiger partial charge is 0.378 e. The second-order valence-corrected chi connectivity index (χ2v) is 11.3. The first-order chi connectivity index (χ1) is 21.9. The molecule has 0 amide bonds. The van der Waals surface area contributed by atoms with Gasteiger partial charge in [0.1, 0.15) is 23.8 Å². The lowest BCUT2D eigenvalue weighted by Crippen LogP contribution is -2.38. The van der Waals surface area contributed by atoms with Crippen LogP contribution in [0.1, 0.15) is 12.8 Å². The van der Waals surface area contributed by atoms with E-state index in [1.165, 1.54) is 0 Å². The van der Waals surface area contributed by atoms with Gasteiger partial charge in [-0.05, 0) is 70.9 Å². The third kappa shape index (κ3) is 9.12. The number of hydrogen-bond acceptors (Lipinski definition) is 6. The Hall–Kier alpha value is -5.25. The number of rotatable bonds is 14. The van der Waals surface area contributed by atoms with Crippen molar-refractivity contribution in [2.45, 2.75) is 39.0 Å². The molecule has 0 aliphatic heterocycles. The van der Waals surface area contributed by atoms with Crippen molar-refractivity contribution in [2.24, 2.45) is 20.5 Å². The van der Waals surface area contributed by atoms with E-state index in [1.54, 1.807) is 0 Å². The number of aryl methyl sites for hydroxylation is 4. The molecule has 0 saturated carbocycles. The molecule has 0 radical (unpaired) electrons. The fourth-order valence-electron chi connectivity index (χ4n) is 4.90. The van der Waals surface area contributed by atoms with E-state index in [1.807, 2.05) is 113 Å². The fraction of sp³-hybridized carbons (Fsp3) is 0.286. The van der Waals surface area contributed by atoms with Gasteiger partial charge < -0.3 is 9.80 Å². The van der Waals surface area contributed by atoms with Crippen molar-refractivity contribution in [3.8, 4) is 0 Å². The van der Waals surface area contributed by atoms with Crippen LogP contribution in [0.5, 0.6) is 0 Å². The molecule has 0 N–H and O–H groups in total. The zero-order valence-corrected chi connectivity index (χ0v) is 26.7. The second-order valence-electron chi connectivity index (χ2n) is 11.3. The average Bonchev–Trinajstić information content (AvgIpc) is 3.51. The van der Waals surface area contributed by atoms with Gasteiger partial charge in [0, 0.05) is 64.5 Å². The lowest BCUT2D eigenvalue weighted by Gasteiger charge is -2.11. The standard InChI is InChI=1S/C35H43N10/c1-40(2)32-17-13-30(14-18-32)36-38-34-11-5-7-23-44(34)25-9-21-42-27-28-43(29-42)22-10-26-45-24-8-6-12-35(45)39-37-31-15-19-33(20-16-31)41(3)4/h5-8,11-20,23-24,27-29H,9-10,21-22,25-26H2,1-4H3/q+3. The van der Waals surface area contributed by atoms with Crippen LogP contribution in [0.4, 0.5) is 34.4 Å². The molecular weight excluding hydrogens is 560 g/mol. The molecule has 2 aromatic carbocycles. The summed E-state index contributed by atoms with van der Waals surface area (Å²) in [5.74, 6) is 1.69. The van der Waals surface area contributed by atoms with Crippen LogP contribution >= 0.6 is 0 Å². The van der Waals surface area contributed by atoms with E-state index in [-0.39, 0.29) is 0 Å². The zero-order valence-electron chi connectivity index (χ0n) is 26.7. The van der Waals surface area contributed by atoms with Gasteiger partial charge >= 0.3 is 11.6 Å². The highest BCUT2D eigenvalue weighted by Gasteiger charge is 2.12. The number of anilines is 2. The molecule has 10 nitrogen and oxygen atoms in total. The highest BCUT2D eigenvalue weighted by atomic mass is 15.2. The lowest BCUT2D eigenvalue weighted by molar-refractivity contribution is -0.721. The van der Waals surface area contributed by atoms with Gasteiger partial charge in [0.05, 0.1) is 48.8 Å². The van der Waals surface area contributed by atoms with Gasteiger partial charge in [-0.15, -0.1) is 0 Å². The van der Waals surface area contributed by atoms with Crippen LogP contribution in [0.3, 0.4) is 0 Å². The molecule has 0 spiro atoms. The molecule has 45 heavy (non-hydrogen) atoms. The topological polar surface area (TPSA) is 72.5 Å². The number of aromatic nitrogens is 4. The molecule has 5 aromatic rings. The molecular formula is C35H43N10+3. The fourth-order valence-corrected chi connectivity index (χ4v) is 4.90. The predicted molar refractivity (Wildman–Crippen MR) is 177 cm³/mol. The van der Waals surface area contributed by atoms with Crippen molar-refractivity contribution in [3.63, 3.8) is 0 Å². The van der Waals surface area contributed by atoms with Crippen LogP contribution < -0.4 is 23.5 Å². The van der Waals surface area contributed by atoms with Gasteiger partial charge in [0.25, 0.3) is 0 Å². The van der Waals surface area contributed by atoms with Gasteiger partial charge in [-0.3, -0.25) is 0 Å². The molecule has 0 saturated heterocycles.